The van der Waals surface area contributed by atoms with Gasteiger partial charge in [-0.05, 0) is 37.0 Å². The van der Waals surface area contributed by atoms with E-state index in [0.717, 1.165) is 16.7 Å². The fourth-order valence-electron chi connectivity index (χ4n) is 2.95. The molecule has 0 radical (unpaired) electrons. The third kappa shape index (κ3) is 2.81. The van der Waals surface area contributed by atoms with Crippen molar-refractivity contribution < 1.29 is 4.79 Å². The number of aryl methyl sites for hydroxylation is 1. The summed E-state index contributed by atoms with van der Waals surface area (Å²) in [4.78, 5) is 26.6. The predicted octanol–water partition coefficient (Wildman–Crippen LogP) is 1.32. The highest BCUT2D eigenvalue weighted by Gasteiger charge is 2.22. The molecule has 1 aliphatic heterocycles. The van der Waals surface area contributed by atoms with E-state index in [1.807, 2.05) is 24.3 Å². The van der Waals surface area contributed by atoms with Crippen molar-refractivity contribution in [1.82, 2.24) is 14.7 Å². The van der Waals surface area contributed by atoms with Gasteiger partial charge < -0.3 is 4.90 Å². The van der Waals surface area contributed by atoms with Crippen molar-refractivity contribution in [1.29, 1.82) is 5.26 Å². The molecule has 1 amide bonds. The van der Waals surface area contributed by atoms with E-state index in [-0.39, 0.29) is 18.0 Å². The standard InChI is InChI=1S/C18H18N4O2/c1-12-13(2)20-22(18(24)16(12)9-19)11-17(23)21-8-7-14-5-3-4-6-15(14)10-21/h3-6H,7-8,10-11H2,1-2H3. The van der Waals surface area contributed by atoms with E-state index in [2.05, 4.69) is 11.2 Å². The highest BCUT2D eigenvalue weighted by Crippen LogP contribution is 2.18. The minimum Gasteiger partial charge on any atom is -0.336 e. The van der Waals surface area contributed by atoms with Gasteiger partial charge in [-0.25, -0.2) is 4.68 Å². The van der Waals surface area contributed by atoms with E-state index in [0.29, 0.717) is 24.3 Å². The summed E-state index contributed by atoms with van der Waals surface area (Å²) in [5.74, 6) is -0.161. The Balaban J connectivity index is 1.83. The van der Waals surface area contributed by atoms with E-state index >= 15 is 0 Å². The second-order valence-electron chi connectivity index (χ2n) is 5.99. The highest BCUT2D eigenvalue weighted by atomic mass is 16.2. The maximum absolute atomic E-state index is 12.6. The Morgan fingerprint density at radius 1 is 1.29 bits per heavy atom. The number of hydrogen-bond acceptors (Lipinski definition) is 4. The summed E-state index contributed by atoms with van der Waals surface area (Å²) >= 11 is 0. The molecule has 1 aliphatic rings. The second kappa shape index (κ2) is 6.28. The minimum absolute atomic E-state index is 0.0549. The lowest BCUT2D eigenvalue weighted by Gasteiger charge is -2.29. The van der Waals surface area contributed by atoms with Gasteiger partial charge in [0.1, 0.15) is 18.2 Å². The summed E-state index contributed by atoms with van der Waals surface area (Å²) in [6, 6.07) is 9.96. The van der Waals surface area contributed by atoms with Gasteiger partial charge in [-0.15, -0.1) is 0 Å². The SMILES string of the molecule is Cc1nn(CC(=O)N2CCc3ccccc3C2)c(=O)c(C#N)c1C. The van der Waals surface area contributed by atoms with Gasteiger partial charge in [-0.3, -0.25) is 9.59 Å². The third-order valence-electron chi connectivity index (χ3n) is 4.52. The van der Waals surface area contributed by atoms with Gasteiger partial charge in [0, 0.05) is 13.1 Å². The molecule has 2 heterocycles. The number of carbonyl (C=O) groups excluding carboxylic acids is 1. The van der Waals surface area contributed by atoms with Crippen LogP contribution < -0.4 is 5.56 Å². The van der Waals surface area contributed by atoms with Crippen LogP contribution in [-0.4, -0.2) is 27.1 Å². The molecule has 0 bridgehead atoms. The molecule has 0 saturated carbocycles. The van der Waals surface area contributed by atoms with Crippen LogP contribution in [0.2, 0.25) is 0 Å². The average Bonchev–Trinajstić information content (AvgIpc) is 2.59. The number of nitrogens with zero attached hydrogens (tertiary/aromatic N) is 4. The number of nitriles is 1. The van der Waals surface area contributed by atoms with E-state index < -0.39 is 5.56 Å². The van der Waals surface area contributed by atoms with Crippen LogP contribution in [0.3, 0.4) is 0 Å². The molecular formula is C18H18N4O2. The maximum atomic E-state index is 12.6. The smallest absolute Gasteiger partial charge is 0.285 e. The van der Waals surface area contributed by atoms with Crippen molar-refractivity contribution in [2.24, 2.45) is 0 Å². The summed E-state index contributed by atoms with van der Waals surface area (Å²) in [5, 5.41) is 13.3. The van der Waals surface area contributed by atoms with Gasteiger partial charge in [0.05, 0.1) is 5.69 Å². The summed E-state index contributed by atoms with van der Waals surface area (Å²) in [6.07, 6.45) is 0.806. The van der Waals surface area contributed by atoms with Crippen LogP contribution in [0.25, 0.3) is 0 Å². The lowest BCUT2D eigenvalue weighted by Crippen LogP contribution is -2.41. The number of benzene rings is 1. The maximum Gasteiger partial charge on any atom is 0.285 e. The van der Waals surface area contributed by atoms with Crippen LogP contribution >= 0.6 is 0 Å². The molecule has 6 nitrogen and oxygen atoms in total. The van der Waals surface area contributed by atoms with E-state index in [4.69, 9.17) is 5.26 Å². The normalized spacial score (nSPS) is 13.3. The average molecular weight is 322 g/mol. The summed E-state index contributed by atoms with van der Waals surface area (Å²) in [7, 11) is 0. The first kappa shape index (κ1) is 15.9. The quantitative estimate of drug-likeness (QED) is 0.835. The van der Waals surface area contributed by atoms with Crippen molar-refractivity contribution in [3.8, 4) is 6.07 Å². The molecule has 0 aliphatic carbocycles. The van der Waals surface area contributed by atoms with Crippen molar-refractivity contribution in [2.45, 2.75) is 33.4 Å². The molecule has 6 heteroatoms. The van der Waals surface area contributed by atoms with Gasteiger partial charge in [0.15, 0.2) is 0 Å². The van der Waals surface area contributed by atoms with Crippen LogP contribution in [-0.2, 0) is 24.3 Å². The predicted molar refractivity (Wildman–Crippen MR) is 88.2 cm³/mol. The fourth-order valence-corrected chi connectivity index (χ4v) is 2.95. The molecule has 0 N–H and O–H groups in total. The van der Waals surface area contributed by atoms with Crippen LogP contribution in [0, 0.1) is 25.2 Å². The monoisotopic (exact) mass is 322 g/mol. The summed E-state index contributed by atoms with van der Waals surface area (Å²) < 4.78 is 1.10. The van der Waals surface area contributed by atoms with E-state index in [1.54, 1.807) is 18.7 Å². The molecule has 0 spiro atoms. The molecular weight excluding hydrogens is 304 g/mol. The Bertz CT molecular complexity index is 908. The summed E-state index contributed by atoms with van der Waals surface area (Å²) in [6.45, 7) is 4.45. The first-order chi connectivity index (χ1) is 11.5. The van der Waals surface area contributed by atoms with Crippen LogP contribution in [0.1, 0.15) is 27.9 Å². The molecule has 3 rings (SSSR count). The zero-order valence-corrected chi connectivity index (χ0v) is 13.7. The third-order valence-corrected chi connectivity index (χ3v) is 4.52. The zero-order valence-electron chi connectivity index (χ0n) is 13.7. The first-order valence-electron chi connectivity index (χ1n) is 7.84. The molecule has 2 aromatic rings. The van der Waals surface area contributed by atoms with Crippen molar-refractivity contribution in [2.75, 3.05) is 6.54 Å². The zero-order chi connectivity index (χ0) is 17.3. The number of hydrogen-bond donors (Lipinski definition) is 0. The second-order valence-corrected chi connectivity index (χ2v) is 5.99. The van der Waals surface area contributed by atoms with Gasteiger partial charge >= 0.3 is 0 Å². The molecule has 24 heavy (non-hydrogen) atoms. The van der Waals surface area contributed by atoms with Crippen molar-refractivity contribution in [3.63, 3.8) is 0 Å². The lowest BCUT2D eigenvalue weighted by molar-refractivity contribution is -0.133. The molecule has 1 aromatic heterocycles. The van der Waals surface area contributed by atoms with Crippen LogP contribution in [0.5, 0.6) is 0 Å². The molecule has 122 valence electrons. The van der Waals surface area contributed by atoms with Gasteiger partial charge in [-0.2, -0.15) is 10.4 Å². The topological polar surface area (TPSA) is 79.0 Å². The lowest BCUT2D eigenvalue weighted by atomic mass is 10.00. The van der Waals surface area contributed by atoms with E-state index in [1.165, 1.54) is 5.56 Å². The number of aromatic nitrogens is 2. The molecule has 0 atom stereocenters. The number of rotatable bonds is 2. The molecule has 0 unspecified atom stereocenters. The minimum atomic E-state index is -0.508. The number of fused-ring (bicyclic) bond motifs is 1. The van der Waals surface area contributed by atoms with E-state index in [9.17, 15) is 9.59 Å². The Morgan fingerprint density at radius 3 is 2.71 bits per heavy atom. The van der Waals surface area contributed by atoms with Crippen molar-refractivity contribution >= 4 is 5.91 Å². The first-order valence-corrected chi connectivity index (χ1v) is 7.84. The van der Waals surface area contributed by atoms with Gasteiger partial charge in [0.25, 0.3) is 5.56 Å². The Morgan fingerprint density at radius 2 is 2.00 bits per heavy atom. The highest BCUT2D eigenvalue weighted by molar-refractivity contribution is 5.76. The molecule has 0 saturated heterocycles. The Hall–Kier alpha value is -2.94. The van der Waals surface area contributed by atoms with Crippen molar-refractivity contribution in [3.05, 3.63) is 62.6 Å². The molecule has 1 aromatic carbocycles. The largest absolute Gasteiger partial charge is 0.336 e. The molecule has 0 fully saturated rings. The van der Waals surface area contributed by atoms with Crippen LogP contribution in [0.4, 0.5) is 0 Å². The Kier molecular flexibility index (Phi) is 4.17. The van der Waals surface area contributed by atoms with Gasteiger partial charge in [-0.1, -0.05) is 24.3 Å². The number of amides is 1. The summed E-state index contributed by atoms with van der Waals surface area (Å²) in [5.41, 5.74) is 3.09. The fraction of sp³-hybridized carbons (Fsp3) is 0.333. The Labute approximate surface area is 139 Å². The van der Waals surface area contributed by atoms with Crippen LogP contribution in [0.15, 0.2) is 29.1 Å². The van der Waals surface area contributed by atoms with Gasteiger partial charge in [0.2, 0.25) is 5.91 Å². The number of carbonyl (C=O) groups is 1.